The topological polar surface area (TPSA) is 47.0 Å². The number of methoxy groups -OCH3 is 1. The summed E-state index contributed by atoms with van der Waals surface area (Å²) in [6, 6.07) is 8.17. The van der Waals surface area contributed by atoms with Crippen LogP contribution in [-0.2, 0) is 11.2 Å². The molecule has 0 saturated carbocycles. The molecule has 1 aromatic heterocycles. The Kier molecular flexibility index (Phi) is 4.89. The van der Waals surface area contributed by atoms with Crippen molar-refractivity contribution in [1.82, 2.24) is 9.97 Å². The largest absolute Gasteiger partial charge is 0.384 e. The predicted octanol–water partition coefficient (Wildman–Crippen LogP) is 3.01. The zero-order valence-corrected chi connectivity index (χ0v) is 12.2. The van der Waals surface area contributed by atoms with Crippen LogP contribution >= 0.6 is 22.6 Å². The molecule has 0 aliphatic rings. The van der Waals surface area contributed by atoms with E-state index in [1.165, 1.54) is 5.56 Å². The number of ether oxygens (including phenoxy) is 1. The molecule has 2 rings (SSSR count). The van der Waals surface area contributed by atoms with Gasteiger partial charge in [-0.25, -0.2) is 9.97 Å². The summed E-state index contributed by atoms with van der Waals surface area (Å²) in [6.07, 6.45) is 4.21. The van der Waals surface area contributed by atoms with Gasteiger partial charge >= 0.3 is 0 Å². The minimum Gasteiger partial charge on any atom is -0.384 e. The Morgan fingerprint density at radius 3 is 2.94 bits per heavy atom. The van der Waals surface area contributed by atoms with Gasteiger partial charge in [-0.05, 0) is 40.6 Å². The monoisotopic (exact) mass is 355 g/mol. The summed E-state index contributed by atoms with van der Waals surface area (Å²) >= 11 is 2.22. The molecule has 2 aromatic rings. The normalized spacial score (nSPS) is 10.3. The molecule has 0 unspecified atom stereocenters. The molecular weight excluding hydrogens is 341 g/mol. The third kappa shape index (κ3) is 3.39. The van der Waals surface area contributed by atoms with Crippen LogP contribution in [0.2, 0.25) is 0 Å². The first kappa shape index (κ1) is 13.2. The van der Waals surface area contributed by atoms with E-state index < -0.39 is 0 Å². The van der Waals surface area contributed by atoms with E-state index in [9.17, 15) is 0 Å². The highest BCUT2D eigenvalue weighted by molar-refractivity contribution is 14.1. The number of anilines is 2. The second-order valence-corrected chi connectivity index (χ2v) is 4.91. The van der Waals surface area contributed by atoms with E-state index in [-0.39, 0.29) is 0 Å². The number of para-hydroxylation sites is 1. The molecule has 0 atom stereocenters. The van der Waals surface area contributed by atoms with Crippen LogP contribution in [0.4, 0.5) is 11.5 Å². The van der Waals surface area contributed by atoms with E-state index in [2.05, 4.69) is 43.9 Å². The molecule has 1 aromatic carbocycles. The lowest BCUT2D eigenvalue weighted by Crippen LogP contribution is -2.02. The molecule has 0 amide bonds. The molecule has 5 heteroatoms. The number of benzene rings is 1. The number of halogens is 1. The van der Waals surface area contributed by atoms with E-state index in [1.807, 2.05) is 18.2 Å². The molecule has 1 N–H and O–H groups in total. The Labute approximate surface area is 120 Å². The number of rotatable bonds is 5. The van der Waals surface area contributed by atoms with Crippen molar-refractivity contribution in [2.75, 3.05) is 19.0 Å². The highest BCUT2D eigenvalue weighted by atomic mass is 127. The minimum absolute atomic E-state index is 0.708. The molecule has 0 bridgehead atoms. The SMILES string of the molecule is COCCc1ccccc1Nc1ncncc1I. The summed E-state index contributed by atoms with van der Waals surface area (Å²) in [5.74, 6) is 0.829. The molecular formula is C13H14IN3O. The van der Waals surface area contributed by atoms with Crippen LogP contribution in [0, 0.1) is 3.57 Å². The standard InChI is InChI=1S/C13H14IN3O/c1-18-7-6-10-4-2-3-5-12(10)17-13-11(14)8-15-9-16-13/h2-5,8-9H,6-7H2,1H3,(H,15,16,17). The Balaban J connectivity index is 2.21. The minimum atomic E-state index is 0.708. The maximum atomic E-state index is 5.12. The van der Waals surface area contributed by atoms with Crippen molar-refractivity contribution in [3.63, 3.8) is 0 Å². The maximum Gasteiger partial charge on any atom is 0.147 e. The van der Waals surface area contributed by atoms with Crippen molar-refractivity contribution in [3.8, 4) is 0 Å². The number of nitrogens with zero attached hydrogens (tertiary/aromatic N) is 2. The fourth-order valence-electron chi connectivity index (χ4n) is 1.60. The highest BCUT2D eigenvalue weighted by Gasteiger charge is 2.05. The summed E-state index contributed by atoms with van der Waals surface area (Å²) in [4.78, 5) is 8.21. The Morgan fingerprint density at radius 1 is 1.33 bits per heavy atom. The Hall–Kier alpha value is -1.21. The molecule has 0 saturated heterocycles. The van der Waals surface area contributed by atoms with Crippen molar-refractivity contribution in [1.29, 1.82) is 0 Å². The second-order valence-electron chi connectivity index (χ2n) is 3.74. The van der Waals surface area contributed by atoms with Crippen molar-refractivity contribution >= 4 is 34.1 Å². The van der Waals surface area contributed by atoms with Gasteiger partial charge in [-0.3, -0.25) is 0 Å². The van der Waals surface area contributed by atoms with E-state index in [0.717, 1.165) is 21.5 Å². The second kappa shape index (κ2) is 6.65. The molecule has 0 radical (unpaired) electrons. The van der Waals surface area contributed by atoms with Crippen molar-refractivity contribution in [2.45, 2.75) is 6.42 Å². The number of hydrogen-bond acceptors (Lipinski definition) is 4. The van der Waals surface area contributed by atoms with Crippen LogP contribution in [0.25, 0.3) is 0 Å². The third-order valence-corrected chi connectivity index (χ3v) is 3.30. The molecule has 1 heterocycles. The van der Waals surface area contributed by atoms with Crippen LogP contribution in [0.3, 0.4) is 0 Å². The van der Waals surface area contributed by atoms with Gasteiger partial charge in [0.05, 0.1) is 10.2 Å². The van der Waals surface area contributed by atoms with Crippen LogP contribution in [-0.4, -0.2) is 23.7 Å². The van der Waals surface area contributed by atoms with Gasteiger partial charge in [-0.15, -0.1) is 0 Å². The first-order valence-corrected chi connectivity index (χ1v) is 6.68. The van der Waals surface area contributed by atoms with Gasteiger partial charge in [0.2, 0.25) is 0 Å². The lowest BCUT2D eigenvalue weighted by molar-refractivity contribution is 0.202. The molecule has 18 heavy (non-hydrogen) atoms. The number of aromatic nitrogens is 2. The molecule has 0 aliphatic heterocycles. The van der Waals surface area contributed by atoms with Crippen molar-refractivity contribution < 1.29 is 4.74 Å². The number of nitrogens with one attached hydrogen (secondary N) is 1. The summed E-state index contributed by atoms with van der Waals surface area (Å²) in [7, 11) is 1.71. The molecule has 0 fully saturated rings. The lowest BCUT2D eigenvalue weighted by Gasteiger charge is -2.11. The van der Waals surface area contributed by atoms with Gasteiger partial charge in [0.1, 0.15) is 12.1 Å². The van der Waals surface area contributed by atoms with Crippen LogP contribution < -0.4 is 5.32 Å². The summed E-state index contributed by atoms with van der Waals surface area (Å²) in [6.45, 7) is 0.708. The molecule has 0 aliphatic carbocycles. The van der Waals surface area contributed by atoms with E-state index in [4.69, 9.17) is 4.74 Å². The molecule has 0 spiro atoms. The number of hydrogen-bond donors (Lipinski definition) is 1. The summed E-state index contributed by atoms with van der Waals surface area (Å²) in [5.41, 5.74) is 2.28. The molecule has 94 valence electrons. The fraction of sp³-hybridized carbons (Fsp3) is 0.231. The molecule has 4 nitrogen and oxygen atoms in total. The van der Waals surface area contributed by atoms with Crippen molar-refractivity contribution in [2.24, 2.45) is 0 Å². The van der Waals surface area contributed by atoms with Crippen LogP contribution in [0.15, 0.2) is 36.8 Å². The average Bonchev–Trinajstić information content (AvgIpc) is 2.40. The van der Waals surface area contributed by atoms with E-state index >= 15 is 0 Å². The van der Waals surface area contributed by atoms with Crippen LogP contribution in [0.5, 0.6) is 0 Å². The first-order chi connectivity index (χ1) is 8.81. The Morgan fingerprint density at radius 2 is 2.17 bits per heavy atom. The van der Waals surface area contributed by atoms with Gasteiger partial charge in [0.15, 0.2) is 0 Å². The highest BCUT2D eigenvalue weighted by Crippen LogP contribution is 2.22. The van der Waals surface area contributed by atoms with E-state index in [1.54, 1.807) is 19.6 Å². The van der Waals surface area contributed by atoms with E-state index in [0.29, 0.717) is 6.61 Å². The average molecular weight is 355 g/mol. The third-order valence-electron chi connectivity index (χ3n) is 2.51. The smallest absolute Gasteiger partial charge is 0.147 e. The quantitative estimate of drug-likeness (QED) is 0.838. The summed E-state index contributed by atoms with van der Waals surface area (Å²) in [5, 5.41) is 3.34. The Bertz CT molecular complexity index is 519. The zero-order chi connectivity index (χ0) is 12.8. The van der Waals surface area contributed by atoms with Gasteiger partial charge in [0, 0.05) is 19.0 Å². The van der Waals surface area contributed by atoms with Gasteiger partial charge < -0.3 is 10.1 Å². The van der Waals surface area contributed by atoms with Gasteiger partial charge in [-0.2, -0.15) is 0 Å². The lowest BCUT2D eigenvalue weighted by atomic mass is 10.1. The van der Waals surface area contributed by atoms with Gasteiger partial charge in [0.25, 0.3) is 0 Å². The maximum absolute atomic E-state index is 5.12. The van der Waals surface area contributed by atoms with Gasteiger partial charge in [-0.1, -0.05) is 18.2 Å². The first-order valence-electron chi connectivity index (χ1n) is 5.60. The van der Waals surface area contributed by atoms with Crippen LogP contribution in [0.1, 0.15) is 5.56 Å². The zero-order valence-electron chi connectivity index (χ0n) is 10.1. The summed E-state index contributed by atoms with van der Waals surface area (Å²) < 4.78 is 6.12. The fourth-order valence-corrected chi connectivity index (χ4v) is 2.04. The predicted molar refractivity (Wildman–Crippen MR) is 80.1 cm³/mol. The van der Waals surface area contributed by atoms with Crippen molar-refractivity contribution in [3.05, 3.63) is 45.9 Å².